The van der Waals surface area contributed by atoms with Gasteiger partial charge in [-0.1, -0.05) is 48.6 Å². The first kappa shape index (κ1) is 25.7. The van der Waals surface area contributed by atoms with Crippen molar-refractivity contribution in [2.24, 2.45) is 11.8 Å². The van der Waals surface area contributed by atoms with Crippen LogP contribution < -0.4 is 0 Å². The van der Waals surface area contributed by atoms with Crippen LogP contribution in [0, 0.1) is 11.8 Å². The molecule has 0 bridgehead atoms. The van der Waals surface area contributed by atoms with Crippen molar-refractivity contribution in [2.45, 2.75) is 56.5 Å². The van der Waals surface area contributed by atoms with Gasteiger partial charge in [0.2, 0.25) is 5.91 Å². The van der Waals surface area contributed by atoms with E-state index in [0.717, 1.165) is 24.8 Å². The third-order valence-corrected chi connectivity index (χ3v) is 8.53. The lowest BCUT2D eigenvalue weighted by atomic mass is 9.73. The number of hydrogen-bond acceptors (Lipinski definition) is 8. The van der Waals surface area contributed by atoms with E-state index in [1.807, 2.05) is 49.4 Å². The third kappa shape index (κ3) is 3.89. The number of para-hydroxylation sites is 1. The van der Waals surface area contributed by atoms with Crippen molar-refractivity contribution < 1.29 is 29.0 Å². The Hall–Kier alpha value is -3.57. The molecule has 5 heterocycles. The van der Waals surface area contributed by atoms with E-state index in [1.54, 1.807) is 15.7 Å². The number of esters is 1. The number of benzene rings is 1. The van der Waals surface area contributed by atoms with Crippen LogP contribution in [-0.2, 0) is 30.5 Å². The lowest BCUT2D eigenvalue weighted by Gasteiger charge is -2.38. The fraction of sp³-hybridized carbons (Fsp3) is 0.536. The van der Waals surface area contributed by atoms with E-state index in [4.69, 9.17) is 9.47 Å². The highest BCUT2D eigenvalue weighted by molar-refractivity contribution is 5.99. The highest BCUT2D eigenvalue weighted by atomic mass is 16.6. The van der Waals surface area contributed by atoms with Gasteiger partial charge >= 0.3 is 5.97 Å². The number of ether oxygens (including phenoxy) is 2. The molecule has 1 N–H and O–H groups in total. The Balaban J connectivity index is 1.43. The van der Waals surface area contributed by atoms with Gasteiger partial charge in [0.05, 0.1) is 24.6 Å². The summed E-state index contributed by atoms with van der Waals surface area (Å²) in [5.41, 5.74) is -0.996. The van der Waals surface area contributed by atoms with Crippen LogP contribution in [0.4, 0.5) is 0 Å². The fourth-order valence-electron chi connectivity index (χ4n) is 6.74. The van der Waals surface area contributed by atoms with Crippen LogP contribution >= 0.6 is 0 Å². The molecule has 2 fully saturated rings. The van der Waals surface area contributed by atoms with Gasteiger partial charge in [0.1, 0.15) is 35.3 Å². The molecule has 39 heavy (non-hydrogen) atoms. The number of aliphatic hydroxyl groups excluding tert-OH is 1. The number of allylic oxidation sites excluding steroid dienone is 1. The van der Waals surface area contributed by atoms with Crippen molar-refractivity contribution in [1.29, 1.82) is 0 Å². The number of amides is 2. The Morgan fingerprint density at radius 2 is 1.92 bits per heavy atom. The summed E-state index contributed by atoms with van der Waals surface area (Å²) in [6.07, 6.45) is 10.4. The van der Waals surface area contributed by atoms with Crippen LogP contribution in [0.5, 0.6) is 0 Å². The van der Waals surface area contributed by atoms with Crippen molar-refractivity contribution in [3.8, 4) is 0 Å². The molecule has 11 heteroatoms. The first-order valence-electron chi connectivity index (χ1n) is 13.7. The Morgan fingerprint density at radius 1 is 1.08 bits per heavy atom. The van der Waals surface area contributed by atoms with Gasteiger partial charge in [-0.25, -0.2) is 4.68 Å². The quantitative estimate of drug-likeness (QED) is 0.450. The van der Waals surface area contributed by atoms with Crippen molar-refractivity contribution in [3.63, 3.8) is 0 Å². The van der Waals surface area contributed by atoms with Crippen LogP contribution in [0.3, 0.4) is 0 Å². The summed E-state index contributed by atoms with van der Waals surface area (Å²) in [5.74, 6) is -3.09. The topological polar surface area (TPSA) is 127 Å². The number of carbonyl (C=O) groups is 3. The molecule has 6 rings (SSSR count). The lowest BCUT2D eigenvalue weighted by Crippen LogP contribution is -2.56. The minimum absolute atomic E-state index is 0.0540. The Bertz CT molecular complexity index is 1350. The molecule has 206 valence electrons. The minimum Gasteiger partial charge on any atom is -0.465 e. The monoisotopic (exact) mass is 535 g/mol. The zero-order valence-corrected chi connectivity index (χ0v) is 21.9. The number of likely N-dealkylation sites (tertiary alicyclic amines) is 1. The van der Waals surface area contributed by atoms with Crippen LogP contribution in [0.15, 0.2) is 48.6 Å². The van der Waals surface area contributed by atoms with Crippen molar-refractivity contribution in [3.05, 3.63) is 48.6 Å². The number of rotatable bonds is 5. The molecule has 4 aliphatic rings. The number of fused-ring (bicyclic) bond motifs is 3. The average molecular weight is 536 g/mol. The van der Waals surface area contributed by atoms with E-state index in [-0.39, 0.29) is 44.8 Å². The fourth-order valence-corrected chi connectivity index (χ4v) is 6.74. The number of carbonyl (C=O) groups excluding carboxylic acids is 3. The van der Waals surface area contributed by atoms with Gasteiger partial charge in [-0.15, -0.1) is 5.10 Å². The second-order valence-electron chi connectivity index (χ2n) is 10.6. The van der Waals surface area contributed by atoms with Crippen LogP contribution in [0.1, 0.15) is 32.6 Å². The van der Waals surface area contributed by atoms with Crippen molar-refractivity contribution in [1.82, 2.24) is 24.8 Å². The van der Waals surface area contributed by atoms with Crippen molar-refractivity contribution in [2.75, 3.05) is 26.3 Å². The Labute approximate surface area is 226 Å². The average Bonchev–Trinajstić information content (AvgIpc) is 3.51. The first-order chi connectivity index (χ1) is 19.0. The minimum atomic E-state index is -1.39. The predicted molar refractivity (Wildman–Crippen MR) is 139 cm³/mol. The molecule has 11 nitrogen and oxygen atoms in total. The normalized spacial score (nSPS) is 33.5. The summed E-state index contributed by atoms with van der Waals surface area (Å²) in [5, 5.41) is 18.3. The SMILES string of the molecule is CC[C@@]12/C=C\CCCCOC(=O)[C@@H]1[C@H]1C(=O)N(CCO)C3C(=O)N(Cn4nnc5ccccc54)CC=C[C@@]31O2. The zero-order valence-electron chi connectivity index (χ0n) is 21.9. The molecule has 5 atom stereocenters. The van der Waals surface area contributed by atoms with E-state index in [9.17, 15) is 19.5 Å². The molecule has 2 saturated heterocycles. The summed E-state index contributed by atoms with van der Waals surface area (Å²) < 4.78 is 14.2. The lowest BCUT2D eigenvalue weighted by molar-refractivity contribution is -0.162. The maximum absolute atomic E-state index is 14.3. The van der Waals surface area contributed by atoms with Crippen LogP contribution in [-0.4, -0.2) is 91.2 Å². The molecule has 2 amide bonds. The number of cyclic esters (lactones) is 1. The molecule has 1 unspecified atom stereocenters. The van der Waals surface area contributed by atoms with Gasteiger partial charge in [-0.05, 0) is 37.8 Å². The predicted octanol–water partition coefficient (Wildman–Crippen LogP) is 1.42. The van der Waals surface area contributed by atoms with Crippen LogP contribution in [0.2, 0.25) is 0 Å². The number of nitrogens with zero attached hydrogens (tertiary/aromatic N) is 5. The second kappa shape index (κ2) is 9.87. The maximum atomic E-state index is 14.3. The smallest absolute Gasteiger partial charge is 0.313 e. The molecule has 0 aliphatic carbocycles. The second-order valence-corrected chi connectivity index (χ2v) is 10.6. The maximum Gasteiger partial charge on any atom is 0.313 e. The molecule has 0 radical (unpaired) electrons. The van der Waals surface area contributed by atoms with E-state index < -0.39 is 35.0 Å². The molecule has 2 aromatic rings. The molecular weight excluding hydrogens is 502 g/mol. The zero-order chi connectivity index (χ0) is 27.2. The van der Waals surface area contributed by atoms with E-state index in [2.05, 4.69) is 10.3 Å². The van der Waals surface area contributed by atoms with E-state index >= 15 is 0 Å². The van der Waals surface area contributed by atoms with E-state index in [0.29, 0.717) is 11.9 Å². The van der Waals surface area contributed by atoms with Gasteiger partial charge < -0.3 is 24.4 Å². The summed E-state index contributed by atoms with van der Waals surface area (Å²) in [4.78, 5) is 44.9. The highest BCUT2D eigenvalue weighted by Crippen LogP contribution is 2.58. The number of aliphatic hydroxyl groups is 1. The van der Waals surface area contributed by atoms with Crippen molar-refractivity contribution >= 4 is 28.8 Å². The molecule has 0 saturated carbocycles. The largest absolute Gasteiger partial charge is 0.465 e. The first-order valence-corrected chi connectivity index (χ1v) is 13.7. The molecule has 1 aromatic heterocycles. The van der Waals surface area contributed by atoms with Gasteiger partial charge in [-0.3, -0.25) is 14.4 Å². The Kier molecular flexibility index (Phi) is 6.50. The standard InChI is InChI=1S/C28H33N5O6/c1-2-27-12-7-3-4-8-17-38-26(37)22(27)21-24(35)32(15-16-34)23-25(36)31(14-9-13-28(21,23)39-27)18-33-20-11-6-5-10-19(20)29-30-33/h5-7,9-13,21-23,34H,2-4,8,14-18H2,1H3/b12-7-/t21-,22-,23?,27+,28-/m0/s1. The number of β-amino-alcohol motifs (C(OH)–C–C–N with tert-alkyl or cyclic N) is 1. The van der Waals surface area contributed by atoms with Gasteiger partial charge in [-0.2, -0.15) is 0 Å². The third-order valence-electron chi connectivity index (χ3n) is 8.53. The highest BCUT2D eigenvalue weighted by Gasteiger charge is 2.75. The molecule has 4 aliphatic heterocycles. The summed E-state index contributed by atoms with van der Waals surface area (Å²) in [7, 11) is 0. The van der Waals surface area contributed by atoms with Crippen LogP contribution in [0.25, 0.3) is 11.0 Å². The summed E-state index contributed by atoms with van der Waals surface area (Å²) >= 11 is 0. The summed E-state index contributed by atoms with van der Waals surface area (Å²) in [6.45, 7) is 2.18. The van der Waals surface area contributed by atoms with Gasteiger partial charge in [0.15, 0.2) is 0 Å². The molecule has 1 spiro atoms. The van der Waals surface area contributed by atoms with E-state index in [1.165, 1.54) is 4.90 Å². The number of hydrogen-bond donors (Lipinski definition) is 1. The Morgan fingerprint density at radius 3 is 2.74 bits per heavy atom. The molecular formula is C28H33N5O6. The molecule has 1 aromatic carbocycles. The number of aromatic nitrogens is 3. The van der Waals surface area contributed by atoms with Gasteiger partial charge in [0.25, 0.3) is 5.91 Å². The summed E-state index contributed by atoms with van der Waals surface area (Å²) in [6, 6.07) is 6.42. The van der Waals surface area contributed by atoms with Gasteiger partial charge in [0, 0.05) is 13.1 Å².